The highest BCUT2D eigenvalue weighted by Crippen LogP contribution is 2.25. The van der Waals surface area contributed by atoms with Crippen molar-refractivity contribution in [2.75, 3.05) is 16.6 Å². The van der Waals surface area contributed by atoms with Crippen LogP contribution in [0.5, 0.6) is 0 Å². The fourth-order valence-electron chi connectivity index (χ4n) is 2.45. The van der Waals surface area contributed by atoms with Crippen LogP contribution in [0.1, 0.15) is 27.6 Å². The van der Waals surface area contributed by atoms with E-state index >= 15 is 0 Å². The van der Waals surface area contributed by atoms with E-state index in [1.807, 2.05) is 0 Å². The van der Waals surface area contributed by atoms with Gasteiger partial charge in [-0.05, 0) is 54.8 Å². The minimum Gasteiger partial charge on any atom is -0.462 e. The highest BCUT2D eigenvalue weighted by molar-refractivity contribution is 7.92. The minimum absolute atomic E-state index is 0.144. The molecule has 29 heavy (non-hydrogen) atoms. The molecule has 3 rings (SSSR count). The highest BCUT2D eigenvalue weighted by atomic mass is 32.2. The van der Waals surface area contributed by atoms with Gasteiger partial charge in [0, 0.05) is 11.3 Å². The zero-order valence-corrected chi connectivity index (χ0v) is 17.0. The Kier molecular flexibility index (Phi) is 6.30. The van der Waals surface area contributed by atoms with Crippen molar-refractivity contribution in [1.29, 1.82) is 0 Å². The summed E-state index contributed by atoms with van der Waals surface area (Å²) in [5, 5.41) is 4.75. The zero-order chi connectivity index (χ0) is 20.9. The molecule has 150 valence electrons. The van der Waals surface area contributed by atoms with Crippen molar-refractivity contribution in [3.63, 3.8) is 0 Å². The molecule has 1 heterocycles. The van der Waals surface area contributed by atoms with Gasteiger partial charge >= 0.3 is 5.97 Å². The van der Waals surface area contributed by atoms with Crippen LogP contribution in [0.3, 0.4) is 0 Å². The molecular weight excluding hydrogens is 412 g/mol. The van der Waals surface area contributed by atoms with E-state index in [2.05, 4.69) is 10.0 Å². The quantitative estimate of drug-likeness (QED) is 0.552. The third-order valence-electron chi connectivity index (χ3n) is 3.84. The molecule has 0 bridgehead atoms. The monoisotopic (exact) mass is 430 g/mol. The van der Waals surface area contributed by atoms with E-state index in [1.165, 1.54) is 47.7 Å². The van der Waals surface area contributed by atoms with Crippen molar-refractivity contribution >= 4 is 43.9 Å². The second-order valence-electron chi connectivity index (χ2n) is 5.83. The summed E-state index contributed by atoms with van der Waals surface area (Å²) >= 11 is 1.21. The molecule has 0 unspecified atom stereocenters. The Balaban J connectivity index is 1.70. The second kappa shape index (κ2) is 8.89. The Morgan fingerprint density at radius 1 is 1.00 bits per heavy atom. The number of rotatable bonds is 7. The number of ether oxygens (including phenoxy) is 1. The largest absolute Gasteiger partial charge is 0.462 e. The van der Waals surface area contributed by atoms with Crippen LogP contribution in [0.25, 0.3) is 0 Å². The van der Waals surface area contributed by atoms with Gasteiger partial charge in [-0.15, -0.1) is 11.3 Å². The van der Waals surface area contributed by atoms with Crippen LogP contribution >= 0.6 is 11.3 Å². The first-order chi connectivity index (χ1) is 13.9. The smallest absolute Gasteiger partial charge is 0.341 e. The Bertz CT molecular complexity index is 1110. The summed E-state index contributed by atoms with van der Waals surface area (Å²) in [6, 6.07) is 15.6. The number of hydrogen-bond acceptors (Lipinski definition) is 6. The van der Waals surface area contributed by atoms with Crippen molar-refractivity contribution in [2.45, 2.75) is 11.8 Å². The van der Waals surface area contributed by atoms with E-state index < -0.39 is 21.9 Å². The molecule has 2 aromatic carbocycles. The molecule has 0 aliphatic rings. The van der Waals surface area contributed by atoms with Gasteiger partial charge in [0.1, 0.15) is 5.00 Å². The zero-order valence-electron chi connectivity index (χ0n) is 15.4. The lowest BCUT2D eigenvalue weighted by molar-refractivity contribution is 0.0528. The van der Waals surface area contributed by atoms with Gasteiger partial charge < -0.3 is 10.1 Å². The third-order valence-corrected chi connectivity index (χ3v) is 6.07. The number of anilines is 2. The van der Waals surface area contributed by atoms with E-state index in [-0.39, 0.29) is 17.1 Å². The summed E-state index contributed by atoms with van der Waals surface area (Å²) in [6.07, 6.45) is 0. The first kappa shape index (κ1) is 20.6. The fourth-order valence-corrected chi connectivity index (χ4v) is 4.30. The molecule has 3 aromatic rings. The first-order valence-corrected chi connectivity index (χ1v) is 11.0. The van der Waals surface area contributed by atoms with Gasteiger partial charge in [-0.25, -0.2) is 13.2 Å². The van der Waals surface area contributed by atoms with Gasteiger partial charge in [-0.3, -0.25) is 9.52 Å². The van der Waals surface area contributed by atoms with E-state index in [0.29, 0.717) is 16.3 Å². The average Bonchev–Trinajstić information content (AvgIpc) is 3.17. The fraction of sp³-hybridized carbons (Fsp3) is 0.100. The van der Waals surface area contributed by atoms with Crippen molar-refractivity contribution in [3.8, 4) is 0 Å². The van der Waals surface area contributed by atoms with Crippen molar-refractivity contribution in [1.82, 2.24) is 0 Å². The summed E-state index contributed by atoms with van der Waals surface area (Å²) < 4.78 is 32.1. The maximum absolute atomic E-state index is 12.5. The van der Waals surface area contributed by atoms with E-state index in [4.69, 9.17) is 4.74 Å². The molecule has 0 fully saturated rings. The summed E-state index contributed by atoms with van der Waals surface area (Å²) in [5.74, 6) is -0.926. The molecule has 0 saturated carbocycles. The standard InChI is InChI=1S/C20H18N2O5S2/c1-2-27-20(24)17-12-13-28-19(17)21-18(23)14-8-10-15(11-9-14)22-29(25,26)16-6-4-3-5-7-16/h3-13,22H,2H2,1H3,(H,21,23). The summed E-state index contributed by atoms with van der Waals surface area (Å²) in [5.41, 5.74) is 0.932. The van der Waals surface area contributed by atoms with Crippen LogP contribution in [0.2, 0.25) is 0 Å². The van der Waals surface area contributed by atoms with Gasteiger partial charge in [0.05, 0.1) is 17.1 Å². The molecule has 7 nitrogen and oxygen atoms in total. The third kappa shape index (κ3) is 5.01. The Labute approximate surface area is 172 Å². The van der Waals surface area contributed by atoms with Crippen molar-refractivity contribution in [2.24, 2.45) is 0 Å². The molecule has 2 N–H and O–H groups in total. The minimum atomic E-state index is -3.71. The van der Waals surface area contributed by atoms with Gasteiger partial charge in [0.15, 0.2) is 0 Å². The van der Waals surface area contributed by atoms with Gasteiger partial charge in [-0.2, -0.15) is 0 Å². The molecule has 1 aromatic heterocycles. The van der Waals surface area contributed by atoms with Crippen LogP contribution in [0, 0.1) is 0 Å². The predicted molar refractivity (Wildman–Crippen MR) is 112 cm³/mol. The van der Waals surface area contributed by atoms with Gasteiger partial charge in [-0.1, -0.05) is 18.2 Å². The number of thiophene rings is 1. The molecule has 0 radical (unpaired) electrons. The van der Waals surface area contributed by atoms with Crippen LogP contribution in [0.4, 0.5) is 10.7 Å². The molecule has 0 aliphatic heterocycles. The van der Waals surface area contributed by atoms with Gasteiger partial charge in [0.2, 0.25) is 0 Å². The molecule has 0 aliphatic carbocycles. The number of sulfonamides is 1. The van der Waals surface area contributed by atoms with E-state index in [1.54, 1.807) is 36.6 Å². The number of esters is 1. The molecule has 1 amide bonds. The molecule has 0 saturated heterocycles. The second-order valence-corrected chi connectivity index (χ2v) is 8.43. The van der Waals surface area contributed by atoms with Crippen LogP contribution in [-0.4, -0.2) is 26.9 Å². The lowest BCUT2D eigenvalue weighted by atomic mass is 10.2. The topological polar surface area (TPSA) is 102 Å². The molecular formula is C20H18N2O5S2. The van der Waals surface area contributed by atoms with E-state index in [9.17, 15) is 18.0 Å². The van der Waals surface area contributed by atoms with Crippen molar-refractivity contribution in [3.05, 3.63) is 77.2 Å². The van der Waals surface area contributed by atoms with E-state index in [0.717, 1.165) is 0 Å². The maximum atomic E-state index is 12.5. The molecule has 9 heteroatoms. The normalized spacial score (nSPS) is 10.9. The summed E-state index contributed by atoms with van der Waals surface area (Å²) in [6.45, 7) is 1.94. The average molecular weight is 431 g/mol. The van der Waals surface area contributed by atoms with Crippen molar-refractivity contribution < 1.29 is 22.7 Å². The number of nitrogens with one attached hydrogen (secondary N) is 2. The maximum Gasteiger partial charge on any atom is 0.341 e. The summed E-state index contributed by atoms with van der Waals surface area (Å²) in [4.78, 5) is 24.5. The van der Waals surface area contributed by atoms with Gasteiger partial charge in [0.25, 0.3) is 15.9 Å². The Morgan fingerprint density at radius 3 is 2.34 bits per heavy atom. The number of amides is 1. The van der Waals surface area contributed by atoms with Crippen LogP contribution < -0.4 is 10.0 Å². The lowest BCUT2D eigenvalue weighted by Gasteiger charge is -2.09. The summed E-state index contributed by atoms with van der Waals surface area (Å²) in [7, 11) is -3.71. The van der Waals surface area contributed by atoms with Crippen LogP contribution in [-0.2, 0) is 14.8 Å². The molecule has 0 atom stereocenters. The highest BCUT2D eigenvalue weighted by Gasteiger charge is 2.17. The Hall–Kier alpha value is -3.17. The number of hydrogen-bond donors (Lipinski definition) is 2. The lowest BCUT2D eigenvalue weighted by Crippen LogP contribution is -2.15. The molecule has 0 spiro atoms. The number of carbonyl (C=O) groups excluding carboxylic acids is 2. The predicted octanol–water partition coefficient (Wildman–Crippen LogP) is 3.98. The first-order valence-electron chi connectivity index (χ1n) is 8.64. The number of carbonyl (C=O) groups is 2. The Morgan fingerprint density at radius 2 is 1.69 bits per heavy atom. The van der Waals surface area contributed by atoms with Crippen LogP contribution in [0.15, 0.2) is 70.9 Å². The number of benzene rings is 2. The SMILES string of the molecule is CCOC(=O)c1ccsc1NC(=O)c1ccc(NS(=O)(=O)c2ccccc2)cc1.